The van der Waals surface area contributed by atoms with Gasteiger partial charge in [0.05, 0.1) is 26.9 Å². The van der Waals surface area contributed by atoms with Crippen LogP contribution in [0.15, 0.2) is 18.2 Å². The normalized spacial score (nSPS) is 10.7. The number of carbonyl (C=O) groups is 1. The van der Waals surface area contributed by atoms with Gasteiger partial charge in [0.2, 0.25) is 0 Å². The first-order valence-corrected chi connectivity index (χ1v) is 7.67. The summed E-state index contributed by atoms with van der Waals surface area (Å²) in [4.78, 5) is 11.9. The standard InChI is InChI=1S/C18H26O4/c1-5-6-7-8-9-14(19)10-11-16-17(21-3)12-15(20-2)13-18(16)22-4/h10-13H,5-9H2,1-4H3. The molecule has 0 aliphatic carbocycles. The highest BCUT2D eigenvalue weighted by molar-refractivity contribution is 5.94. The summed E-state index contributed by atoms with van der Waals surface area (Å²) in [6.45, 7) is 2.16. The Kier molecular flexibility index (Phi) is 8.11. The van der Waals surface area contributed by atoms with Crippen molar-refractivity contribution in [1.82, 2.24) is 0 Å². The van der Waals surface area contributed by atoms with Gasteiger partial charge in [0, 0.05) is 18.6 Å². The number of unbranched alkanes of at least 4 members (excludes halogenated alkanes) is 3. The quantitative estimate of drug-likeness (QED) is 0.478. The highest BCUT2D eigenvalue weighted by atomic mass is 16.5. The summed E-state index contributed by atoms with van der Waals surface area (Å²) in [6, 6.07) is 3.54. The van der Waals surface area contributed by atoms with Crippen LogP contribution >= 0.6 is 0 Å². The third-order valence-corrected chi connectivity index (χ3v) is 3.47. The number of hydrogen-bond acceptors (Lipinski definition) is 4. The Bertz CT molecular complexity index is 481. The van der Waals surface area contributed by atoms with Crippen molar-refractivity contribution >= 4 is 11.9 Å². The molecule has 0 radical (unpaired) electrons. The van der Waals surface area contributed by atoms with Gasteiger partial charge in [-0.1, -0.05) is 26.2 Å². The maximum Gasteiger partial charge on any atom is 0.155 e. The Balaban J connectivity index is 2.82. The maximum atomic E-state index is 11.9. The molecule has 0 atom stereocenters. The van der Waals surface area contributed by atoms with Crippen molar-refractivity contribution in [2.75, 3.05) is 21.3 Å². The molecule has 4 heteroatoms. The molecule has 0 spiro atoms. The molecule has 4 nitrogen and oxygen atoms in total. The van der Waals surface area contributed by atoms with Crippen LogP contribution in [0.3, 0.4) is 0 Å². The van der Waals surface area contributed by atoms with Gasteiger partial charge < -0.3 is 14.2 Å². The van der Waals surface area contributed by atoms with E-state index in [2.05, 4.69) is 6.92 Å². The highest BCUT2D eigenvalue weighted by Gasteiger charge is 2.11. The molecule has 0 fully saturated rings. The van der Waals surface area contributed by atoms with Gasteiger partial charge in [-0.3, -0.25) is 4.79 Å². The lowest BCUT2D eigenvalue weighted by molar-refractivity contribution is -0.114. The van der Waals surface area contributed by atoms with Gasteiger partial charge in [0.1, 0.15) is 17.2 Å². The van der Waals surface area contributed by atoms with Crippen LogP contribution in [-0.4, -0.2) is 27.1 Å². The van der Waals surface area contributed by atoms with E-state index in [1.165, 1.54) is 12.8 Å². The summed E-state index contributed by atoms with van der Waals surface area (Å²) < 4.78 is 15.9. The fraction of sp³-hybridized carbons (Fsp3) is 0.500. The minimum atomic E-state index is 0.121. The molecule has 0 heterocycles. The second-order valence-corrected chi connectivity index (χ2v) is 5.06. The molecule has 22 heavy (non-hydrogen) atoms. The van der Waals surface area contributed by atoms with Crippen LogP contribution in [0.4, 0.5) is 0 Å². The van der Waals surface area contributed by atoms with E-state index in [0.717, 1.165) is 18.4 Å². The van der Waals surface area contributed by atoms with Crippen molar-refractivity contribution in [3.63, 3.8) is 0 Å². The minimum Gasteiger partial charge on any atom is -0.496 e. The number of rotatable bonds is 10. The second kappa shape index (κ2) is 9.87. The average molecular weight is 306 g/mol. The predicted octanol–water partition coefficient (Wildman–Crippen LogP) is 4.27. The highest BCUT2D eigenvalue weighted by Crippen LogP contribution is 2.35. The summed E-state index contributed by atoms with van der Waals surface area (Å²) in [7, 11) is 4.75. The zero-order valence-corrected chi connectivity index (χ0v) is 14.0. The van der Waals surface area contributed by atoms with E-state index in [9.17, 15) is 4.79 Å². The van der Waals surface area contributed by atoms with E-state index >= 15 is 0 Å². The van der Waals surface area contributed by atoms with Crippen molar-refractivity contribution in [2.24, 2.45) is 0 Å². The van der Waals surface area contributed by atoms with Crippen molar-refractivity contribution in [3.05, 3.63) is 23.8 Å². The largest absolute Gasteiger partial charge is 0.496 e. The van der Waals surface area contributed by atoms with Crippen molar-refractivity contribution in [3.8, 4) is 17.2 Å². The first kappa shape index (κ1) is 18.1. The summed E-state index contributed by atoms with van der Waals surface area (Å²) in [5, 5.41) is 0. The summed E-state index contributed by atoms with van der Waals surface area (Å²) in [6.07, 6.45) is 8.32. The number of ether oxygens (including phenoxy) is 3. The van der Waals surface area contributed by atoms with Gasteiger partial charge in [-0.25, -0.2) is 0 Å². The molecule has 1 aromatic carbocycles. The van der Waals surface area contributed by atoms with Gasteiger partial charge in [-0.15, -0.1) is 0 Å². The third kappa shape index (κ3) is 5.43. The van der Waals surface area contributed by atoms with Gasteiger partial charge in [0.15, 0.2) is 5.78 Å². The molecule has 122 valence electrons. The molecule has 0 amide bonds. The monoisotopic (exact) mass is 306 g/mol. The smallest absolute Gasteiger partial charge is 0.155 e. The molecular weight excluding hydrogens is 280 g/mol. The molecule has 1 rings (SSSR count). The Hall–Kier alpha value is -1.97. The molecule has 0 saturated heterocycles. The Morgan fingerprint density at radius 2 is 1.64 bits per heavy atom. The number of ketones is 1. The van der Waals surface area contributed by atoms with Crippen LogP contribution in [0.25, 0.3) is 6.08 Å². The van der Waals surface area contributed by atoms with E-state index in [-0.39, 0.29) is 5.78 Å². The molecule has 1 aromatic rings. The first-order chi connectivity index (χ1) is 10.7. The van der Waals surface area contributed by atoms with Crippen molar-refractivity contribution in [2.45, 2.75) is 39.0 Å². The van der Waals surface area contributed by atoms with Crippen LogP contribution in [0.1, 0.15) is 44.6 Å². The molecule has 0 N–H and O–H groups in total. The number of hydrogen-bond donors (Lipinski definition) is 0. The van der Waals surface area contributed by atoms with Crippen molar-refractivity contribution < 1.29 is 19.0 Å². The first-order valence-electron chi connectivity index (χ1n) is 7.67. The van der Waals surface area contributed by atoms with E-state index in [0.29, 0.717) is 23.7 Å². The van der Waals surface area contributed by atoms with E-state index in [1.807, 2.05) is 0 Å². The fourth-order valence-electron chi connectivity index (χ4n) is 2.18. The van der Waals surface area contributed by atoms with Crippen LogP contribution in [0.2, 0.25) is 0 Å². The van der Waals surface area contributed by atoms with Crippen LogP contribution < -0.4 is 14.2 Å². The number of carbonyl (C=O) groups excluding carboxylic acids is 1. The minimum absolute atomic E-state index is 0.121. The van der Waals surface area contributed by atoms with Gasteiger partial charge in [-0.2, -0.15) is 0 Å². The molecule has 0 unspecified atom stereocenters. The van der Waals surface area contributed by atoms with Crippen molar-refractivity contribution in [1.29, 1.82) is 0 Å². The zero-order chi connectivity index (χ0) is 16.4. The van der Waals surface area contributed by atoms with E-state index < -0.39 is 0 Å². The summed E-state index contributed by atoms with van der Waals surface area (Å²) in [5.41, 5.74) is 0.743. The lowest BCUT2D eigenvalue weighted by Crippen LogP contribution is -1.96. The second-order valence-electron chi connectivity index (χ2n) is 5.06. The summed E-state index contributed by atoms with van der Waals surface area (Å²) in [5.74, 6) is 2.00. The van der Waals surface area contributed by atoms with Gasteiger partial charge >= 0.3 is 0 Å². The van der Waals surface area contributed by atoms with Gasteiger partial charge in [-0.05, 0) is 18.6 Å². The Morgan fingerprint density at radius 1 is 1.00 bits per heavy atom. The average Bonchev–Trinajstić information content (AvgIpc) is 2.55. The third-order valence-electron chi connectivity index (χ3n) is 3.47. The zero-order valence-electron chi connectivity index (χ0n) is 14.0. The van der Waals surface area contributed by atoms with Crippen LogP contribution in [-0.2, 0) is 4.79 Å². The maximum absolute atomic E-state index is 11.9. The van der Waals surface area contributed by atoms with Gasteiger partial charge in [0.25, 0.3) is 0 Å². The molecule has 0 aliphatic rings. The molecular formula is C18H26O4. The topological polar surface area (TPSA) is 44.8 Å². The lowest BCUT2D eigenvalue weighted by Gasteiger charge is -2.12. The SMILES string of the molecule is CCCCCCC(=O)C=Cc1c(OC)cc(OC)cc1OC. The summed E-state index contributed by atoms with van der Waals surface area (Å²) >= 11 is 0. The Morgan fingerprint density at radius 3 is 2.14 bits per heavy atom. The Labute approximate surface area is 133 Å². The molecule has 0 bridgehead atoms. The number of methoxy groups -OCH3 is 3. The molecule has 0 aliphatic heterocycles. The fourth-order valence-corrected chi connectivity index (χ4v) is 2.18. The molecule has 0 aromatic heterocycles. The van der Waals surface area contributed by atoms with Crippen LogP contribution in [0.5, 0.6) is 17.2 Å². The van der Waals surface area contributed by atoms with E-state index in [4.69, 9.17) is 14.2 Å². The molecule has 0 saturated carbocycles. The number of benzene rings is 1. The lowest BCUT2D eigenvalue weighted by atomic mass is 10.1. The predicted molar refractivity (Wildman–Crippen MR) is 88.9 cm³/mol. The number of allylic oxidation sites excluding steroid dienone is 1. The van der Waals surface area contributed by atoms with Crippen LogP contribution in [0, 0.1) is 0 Å². The van der Waals surface area contributed by atoms with E-state index in [1.54, 1.807) is 45.6 Å².